The zero-order chi connectivity index (χ0) is 14.4. The second-order valence-corrected chi connectivity index (χ2v) is 6.05. The molecule has 19 heavy (non-hydrogen) atoms. The predicted molar refractivity (Wildman–Crippen MR) is 75.4 cm³/mol. The van der Waals surface area contributed by atoms with Gasteiger partial charge in [-0.2, -0.15) is 0 Å². The first kappa shape index (κ1) is 14.3. The van der Waals surface area contributed by atoms with Crippen molar-refractivity contribution in [3.8, 4) is 0 Å². The lowest BCUT2D eigenvalue weighted by atomic mass is 9.76. The van der Waals surface area contributed by atoms with Crippen LogP contribution < -0.4 is 16.6 Å². The first-order valence-corrected chi connectivity index (χ1v) is 6.48. The maximum Gasteiger partial charge on any atom is 0.500 e. The van der Waals surface area contributed by atoms with Gasteiger partial charge in [-0.25, -0.2) is 0 Å². The summed E-state index contributed by atoms with van der Waals surface area (Å²) in [6.45, 7) is 9.64. The highest BCUT2D eigenvalue weighted by atomic mass is 16.7. The Hall–Kier alpha value is -1.11. The molecule has 5 nitrogen and oxygen atoms in total. The molecule has 0 radical (unpaired) electrons. The smallest absolute Gasteiger partial charge is 0.399 e. The van der Waals surface area contributed by atoms with Crippen molar-refractivity contribution in [2.45, 2.75) is 51.9 Å². The minimum atomic E-state index is -0.684. The average Bonchev–Trinajstić information content (AvgIpc) is 2.47. The van der Waals surface area contributed by atoms with E-state index in [1.54, 1.807) is 6.20 Å². The van der Waals surface area contributed by atoms with E-state index >= 15 is 0 Å². The van der Waals surface area contributed by atoms with Gasteiger partial charge in [-0.05, 0) is 34.6 Å². The molecule has 0 aromatic carbocycles. The molecular weight excluding hydrogens is 243 g/mol. The summed E-state index contributed by atoms with van der Waals surface area (Å²) in [6, 6.07) is 1.18. The van der Waals surface area contributed by atoms with Crippen LogP contribution in [0.25, 0.3) is 0 Å². The van der Waals surface area contributed by atoms with Gasteiger partial charge in [0.1, 0.15) is 0 Å². The van der Waals surface area contributed by atoms with Crippen molar-refractivity contribution in [1.29, 1.82) is 0 Å². The lowest BCUT2D eigenvalue weighted by Crippen LogP contribution is -2.47. The molecule has 0 amide bonds. The third kappa shape index (κ3) is 2.36. The molecule has 0 bridgehead atoms. The topological polar surface area (TPSA) is 77.3 Å². The number of nitrogens with one attached hydrogen (secondary N) is 1. The van der Waals surface area contributed by atoms with Gasteiger partial charge >= 0.3 is 7.12 Å². The molecule has 6 heteroatoms. The molecule has 0 spiro atoms. The number of rotatable bonds is 2. The lowest BCUT2D eigenvalue weighted by Gasteiger charge is -2.32. The van der Waals surface area contributed by atoms with Gasteiger partial charge < -0.3 is 20.0 Å². The van der Waals surface area contributed by atoms with E-state index in [-0.39, 0.29) is 11.5 Å². The van der Waals surface area contributed by atoms with Gasteiger partial charge in [0.15, 0.2) is 5.43 Å². The first-order chi connectivity index (χ1) is 8.66. The van der Waals surface area contributed by atoms with Gasteiger partial charge in [-0.1, -0.05) is 0 Å². The van der Waals surface area contributed by atoms with Gasteiger partial charge in [0.05, 0.1) is 16.7 Å². The Kier molecular flexibility index (Phi) is 3.37. The van der Waals surface area contributed by atoms with Gasteiger partial charge in [0, 0.05) is 24.0 Å². The van der Waals surface area contributed by atoms with Gasteiger partial charge in [-0.15, -0.1) is 0 Å². The first-order valence-electron chi connectivity index (χ1n) is 6.48. The Morgan fingerprint density at radius 2 is 1.79 bits per heavy atom. The van der Waals surface area contributed by atoms with E-state index in [4.69, 9.17) is 15.0 Å². The van der Waals surface area contributed by atoms with E-state index in [0.29, 0.717) is 11.2 Å². The fourth-order valence-electron chi connectivity index (χ4n) is 2.09. The van der Waals surface area contributed by atoms with E-state index in [1.807, 2.05) is 34.6 Å². The summed E-state index contributed by atoms with van der Waals surface area (Å²) in [5.41, 5.74) is 5.96. The van der Waals surface area contributed by atoms with Crippen LogP contribution in [0.3, 0.4) is 0 Å². The minimum Gasteiger partial charge on any atom is -0.399 e. The van der Waals surface area contributed by atoms with Crippen LogP contribution in [-0.2, 0) is 9.31 Å². The van der Waals surface area contributed by atoms with Crippen LogP contribution in [-0.4, -0.2) is 23.3 Å². The number of aromatic nitrogens is 1. The zero-order valence-corrected chi connectivity index (χ0v) is 12.1. The molecule has 1 aromatic rings. The summed E-state index contributed by atoms with van der Waals surface area (Å²) in [7, 11) is -0.684. The van der Waals surface area contributed by atoms with E-state index in [0.717, 1.165) is 0 Å². The standard InChI is InChI=1S/C13H21BN2O3/c1-8(15)11-10(9(17)6-7-16-11)14-18-12(2,3)13(4,5)19-14/h6-8H,15H2,1-5H3,(H,16,17). The van der Waals surface area contributed by atoms with Crippen molar-refractivity contribution >= 4 is 12.6 Å². The third-order valence-corrected chi connectivity index (χ3v) is 3.97. The van der Waals surface area contributed by atoms with E-state index < -0.39 is 18.3 Å². The van der Waals surface area contributed by atoms with Crippen LogP contribution in [0.5, 0.6) is 0 Å². The second kappa shape index (κ2) is 4.47. The number of pyridine rings is 1. The fourth-order valence-corrected chi connectivity index (χ4v) is 2.09. The quantitative estimate of drug-likeness (QED) is 0.770. The Labute approximate surface area is 113 Å². The molecule has 3 N–H and O–H groups in total. The zero-order valence-electron chi connectivity index (χ0n) is 12.1. The average molecular weight is 264 g/mol. The normalized spacial score (nSPS) is 22.5. The van der Waals surface area contributed by atoms with Crippen LogP contribution >= 0.6 is 0 Å². The van der Waals surface area contributed by atoms with Crippen LogP contribution in [0.1, 0.15) is 46.4 Å². The number of nitrogens with two attached hydrogens (primary N) is 1. The molecular formula is C13H21BN2O3. The van der Waals surface area contributed by atoms with Crippen molar-refractivity contribution in [2.24, 2.45) is 5.73 Å². The third-order valence-electron chi connectivity index (χ3n) is 3.97. The molecule has 1 saturated heterocycles. The highest BCUT2D eigenvalue weighted by Crippen LogP contribution is 2.36. The molecule has 1 unspecified atom stereocenters. The summed E-state index contributed by atoms with van der Waals surface area (Å²) >= 11 is 0. The minimum absolute atomic E-state index is 0.121. The van der Waals surface area contributed by atoms with E-state index in [9.17, 15) is 4.79 Å². The molecule has 1 aliphatic heterocycles. The van der Waals surface area contributed by atoms with Crippen LogP contribution in [0.15, 0.2) is 17.1 Å². The SMILES string of the molecule is CC(N)c1[nH]ccc(=O)c1B1OC(C)(C)C(C)(C)O1. The van der Waals surface area contributed by atoms with Crippen molar-refractivity contribution in [3.63, 3.8) is 0 Å². The number of hydrogen-bond donors (Lipinski definition) is 2. The van der Waals surface area contributed by atoms with Crippen molar-refractivity contribution in [1.82, 2.24) is 4.98 Å². The fraction of sp³-hybridized carbons (Fsp3) is 0.615. The summed E-state index contributed by atoms with van der Waals surface area (Å²) < 4.78 is 11.8. The predicted octanol–water partition coefficient (Wildman–Crippen LogP) is 0.694. The maximum absolute atomic E-state index is 12.1. The second-order valence-electron chi connectivity index (χ2n) is 6.05. The lowest BCUT2D eigenvalue weighted by molar-refractivity contribution is 0.00578. The number of H-pyrrole nitrogens is 1. The largest absolute Gasteiger partial charge is 0.500 e. The number of hydrogen-bond acceptors (Lipinski definition) is 4. The van der Waals surface area contributed by atoms with Gasteiger partial charge in [-0.3, -0.25) is 4.79 Å². The molecule has 1 aromatic heterocycles. The summed E-state index contributed by atoms with van der Waals surface area (Å²) in [5, 5.41) is 0. The Bertz CT molecular complexity index is 521. The van der Waals surface area contributed by atoms with Gasteiger partial charge in [0.2, 0.25) is 0 Å². The van der Waals surface area contributed by atoms with Crippen molar-refractivity contribution in [2.75, 3.05) is 0 Å². The van der Waals surface area contributed by atoms with Crippen LogP contribution in [0.4, 0.5) is 0 Å². The monoisotopic (exact) mass is 264 g/mol. The molecule has 0 aliphatic carbocycles. The molecule has 1 aliphatic rings. The molecule has 1 atom stereocenters. The molecule has 2 heterocycles. The van der Waals surface area contributed by atoms with E-state index in [1.165, 1.54) is 6.07 Å². The van der Waals surface area contributed by atoms with Crippen LogP contribution in [0, 0.1) is 0 Å². The number of aromatic amines is 1. The summed E-state index contributed by atoms with van der Waals surface area (Å²) in [6.07, 6.45) is 1.59. The Balaban J connectivity index is 2.48. The Morgan fingerprint density at radius 1 is 1.26 bits per heavy atom. The maximum atomic E-state index is 12.1. The van der Waals surface area contributed by atoms with Crippen LogP contribution in [0.2, 0.25) is 0 Å². The highest BCUT2D eigenvalue weighted by molar-refractivity contribution is 6.62. The Morgan fingerprint density at radius 3 is 2.26 bits per heavy atom. The molecule has 0 saturated carbocycles. The van der Waals surface area contributed by atoms with Gasteiger partial charge in [0.25, 0.3) is 0 Å². The summed E-state index contributed by atoms with van der Waals surface area (Å²) in [5.74, 6) is 0. The molecule has 2 rings (SSSR count). The van der Waals surface area contributed by atoms with Crippen molar-refractivity contribution in [3.05, 3.63) is 28.2 Å². The van der Waals surface area contributed by atoms with Crippen molar-refractivity contribution < 1.29 is 9.31 Å². The molecule has 104 valence electrons. The highest BCUT2D eigenvalue weighted by Gasteiger charge is 2.53. The molecule has 1 fully saturated rings. The van der Waals surface area contributed by atoms with E-state index in [2.05, 4.69) is 4.98 Å². The summed E-state index contributed by atoms with van der Waals surface area (Å²) in [4.78, 5) is 15.1.